The van der Waals surface area contributed by atoms with Crippen LogP contribution < -0.4 is 5.32 Å². The molecule has 0 bridgehead atoms. The van der Waals surface area contributed by atoms with E-state index < -0.39 is 0 Å². The lowest BCUT2D eigenvalue weighted by atomic mass is 9.89. The van der Waals surface area contributed by atoms with Crippen LogP contribution in [0.3, 0.4) is 0 Å². The Morgan fingerprint density at radius 3 is 2.58 bits per heavy atom. The number of nitrogens with zero attached hydrogens (tertiary/aromatic N) is 1. The lowest BCUT2D eigenvalue weighted by molar-refractivity contribution is -0.133. The third-order valence-corrected chi connectivity index (χ3v) is 4.00. The molecule has 1 heterocycles. The summed E-state index contributed by atoms with van der Waals surface area (Å²) in [4.78, 5) is 14.2. The molecule has 0 aromatic carbocycles. The number of carbonyl (C=O) groups excluding carboxylic acids is 1. The number of unbranched alkanes of at least 4 members (excludes halogenated alkanes) is 1. The summed E-state index contributed by atoms with van der Waals surface area (Å²) in [5.41, 5.74) is 0. The minimum atomic E-state index is 0.354. The Morgan fingerprint density at radius 2 is 1.95 bits per heavy atom. The molecule has 3 heteroatoms. The average molecular weight is 268 g/mol. The van der Waals surface area contributed by atoms with Crippen molar-refractivity contribution in [3.05, 3.63) is 0 Å². The molecule has 1 fully saturated rings. The fraction of sp³-hybridized carbons (Fsp3) is 0.938. The Bertz CT molecular complexity index is 239. The SMILES string of the molecule is CCCCC1CC(NCCC)CN(C(=O)CCC)C1. The highest BCUT2D eigenvalue weighted by Crippen LogP contribution is 2.23. The zero-order valence-electron chi connectivity index (χ0n) is 13.1. The van der Waals surface area contributed by atoms with Crippen molar-refractivity contribution < 1.29 is 4.79 Å². The summed E-state index contributed by atoms with van der Waals surface area (Å²) in [7, 11) is 0. The van der Waals surface area contributed by atoms with Crippen molar-refractivity contribution >= 4 is 5.91 Å². The van der Waals surface area contributed by atoms with Gasteiger partial charge in [-0.05, 0) is 38.1 Å². The van der Waals surface area contributed by atoms with Crippen LogP contribution in [0.1, 0.15) is 65.7 Å². The molecule has 2 atom stereocenters. The van der Waals surface area contributed by atoms with E-state index >= 15 is 0 Å². The number of piperidine rings is 1. The highest BCUT2D eigenvalue weighted by Gasteiger charge is 2.28. The maximum absolute atomic E-state index is 12.1. The smallest absolute Gasteiger partial charge is 0.222 e. The minimum Gasteiger partial charge on any atom is -0.341 e. The molecule has 19 heavy (non-hydrogen) atoms. The van der Waals surface area contributed by atoms with Gasteiger partial charge in [0.05, 0.1) is 0 Å². The van der Waals surface area contributed by atoms with Crippen molar-refractivity contribution in [2.45, 2.75) is 71.8 Å². The fourth-order valence-electron chi connectivity index (χ4n) is 2.98. The van der Waals surface area contributed by atoms with E-state index in [2.05, 4.69) is 31.0 Å². The fourth-order valence-corrected chi connectivity index (χ4v) is 2.98. The first-order valence-electron chi connectivity index (χ1n) is 8.22. The summed E-state index contributed by atoms with van der Waals surface area (Å²) in [5, 5.41) is 3.61. The summed E-state index contributed by atoms with van der Waals surface area (Å²) in [6.07, 6.45) is 7.90. The van der Waals surface area contributed by atoms with E-state index in [9.17, 15) is 4.79 Å². The topological polar surface area (TPSA) is 32.3 Å². The van der Waals surface area contributed by atoms with Crippen LogP contribution >= 0.6 is 0 Å². The van der Waals surface area contributed by atoms with E-state index in [0.29, 0.717) is 24.3 Å². The van der Waals surface area contributed by atoms with Gasteiger partial charge in [-0.1, -0.05) is 33.6 Å². The predicted octanol–water partition coefficient (Wildman–Crippen LogP) is 3.19. The zero-order valence-corrected chi connectivity index (χ0v) is 13.1. The van der Waals surface area contributed by atoms with Crippen LogP contribution in [0.5, 0.6) is 0 Å². The standard InChI is InChI=1S/C16H32N2O/c1-4-7-9-14-11-15(17-10-6-3)13-18(12-14)16(19)8-5-2/h14-15,17H,4-13H2,1-3H3. The largest absolute Gasteiger partial charge is 0.341 e. The highest BCUT2D eigenvalue weighted by molar-refractivity contribution is 5.76. The molecule has 0 aliphatic carbocycles. The molecule has 0 aromatic heterocycles. The Kier molecular flexibility index (Phi) is 8.11. The van der Waals surface area contributed by atoms with E-state index in [-0.39, 0.29) is 0 Å². The molecule has 1 rings (SSSR count). The quantitative estimate of drug-likeness (QED) is 0.733. The summed E-state index contributed by atoms with van der Waals surface area (Å²) < 4.78 is 0. The number of hydrogen-bond donors (Lipinski definition) is 1. The van der Waals surface area contributed by atoms with E-state index in [1.807, 2.05) is 0 Å². The molecule has 2 unspecified atom stereocenters. The van der Waals surface area contributed by atoms with Gasteiger partial charge < -0.3 is 10.2 Å². The Balaban J connectivity index is 2.52. The molecule has 0 spiro atoms. The summed E-state index contributed by atoms with van der Waals surface area (Å²) in [6, 6.07) is 0.511. The lowest BCUT2D eigenvalue weighted by Gasteiger charge is -2.38. The van der Waals surface area contributed by atoms with Gasteiger partial charge in [0.25, 0.3) is 0 Å². The third kappa shape index (κ3) is 5.94. The molecular formula is C16H32N2O. The monoisotopic (exact) mass is 268 g/mol. The van der Waals surface area contributed by atoms with Crippen LogP contribution in [0.4, 0.5) is 0 Å². The molecule has 1 amide bonds. The second-order valence-electron chi connectivity index (χ2n) is 5.94. The first-order chi connectivity index (χ1) is 9.21. The molecular weight excluding hydrogens is 236 g/mol. The van der Waals surface area contributed by atoms with Gasteiger partial charge in [0.1, 0.15) is 0 Å². The van der Waals surface area contributed by atoms with Gasteiger partial charge in [0, 0.05) is 25.6 Å². The number of hydrogen-bond acceptors (Lipinski definition) is 2. The van der Waals surface area contributed by atoms with E-state index in [1.165, 1.54) is 32.1 Å². The Morgan fingerprint density at radius 1 is 1.16 bits per heavy atom. The van der Waals surface area contributed by atoms with Crippen molar-refractivity contribution in [1.82, 2.24) is 10.2 Å². The molecule has 1 saturated heterocycles. The second-order valence-corrected chi connectivity index (χ2v) is 5.94. The third-order valence-electron chi connectivity index (χ3n) is 4.00. The van der Waals surface area contributed by atoms with Crippen LogP contribution in [-0.4, -0.2) is 36.5 Å². The summed E-state index contributed by atoms with van der Waals surface area (Å²) in [5.74, 6) is 1.05. The van der Waals surface area contributed by atoms with Crippen molar-refractivity contribution in [1.29, 1.82) is 0 Å². The van der Waals surface area contributed by atoms with Crippen molar-refractivity contribution in [3.8, 4) is 0 Å². The van der Waals surface area contributed by atoms with Crippen molar-refractivity contribution in [3.63, 3.8) is 0 Å². The first-order valence-corrected chi connectivity index (χ1v) is 8.22. The predicted molar refractivity (Wildman–Crippen MR) is 81.2 cm³/mol. The van der Waals surface area contributed by atoms with Gasteiger partial charge in [0.15, 0.2) is 0 Å². The van der Waals surface area contributed by atoms with Crippen LogP contribution in [0.15, 0.2) is 0 Å². The van der Waals surface area contributed by atoms with Gasteiger partial charge >= 0.3 is 0 Å². The maximum atomic E-state index is 12.1. The van der Waals surface area contributed by atoms with Crippen molar-refractivity contribution in [2.24, 2.45) is 5.92 Å². The van der Waals surface area contributed by atoms with E-state index in [4.69, 9.17) is 0 Å². The number of amides is 1. The zero-order chi connectivity index (χ0) is 14.1. The molecule has 0 aromatic rings. The van der Waals surface area contributed by atoms with Gasteiger partial charge in [-0.3, -0.25) is 4.79 Å². The molecule has 0 saturated carbocycles. The Hall–Kier alpha value is -0.570. The molecule has 1 N–H and O–H groups in total. The van der Waals surface area contributed by atoms with Gasteiger partial charge in [-0.25, -0.2) is 0 Å². The molecule has 1 aliphatic heterocycles. The molecule has 0 radical (unpaired) electrons. The van der Waals surface area contributed by atoms with Crippen molar-refractivity contribution in [2.75, 3.05) is 19.6 Å². The average Bonchev–Trinajstić information content (AvgIpc) is 2.43. The Labute approximate surface area is 119 Å². The summed E-state index contributed by atoms with van der Waals surface area (Å²) >= 11 is 0. The minimum absolute atomic E-state index is 0.354. The first kappa shape index (κ1) is 16.5. The number of likely N-dealkylation sites (tertiary alicyclic amines) is 1. The maximum Gasteiger partial charge on any atom is 0.222 e. The van der Waals surface area contributed by atoms with Gasteiger partial charge in [-0.15, -0.1) is 0 Å². The van der Waals surface area contributed by atoms with Crippen LogP contribution in [0.25, 0.3) is 0 Å². The lowest BCUT2D eigenvalue weighted by Crippen LogP contribution is -2.51. The van der Waals surface area contributed by atoms with Crippen LogP contribution in [-0.2, 0) is 4.79 Å². The molecule has 112 valence electrons. The molecule has 3 nitrogen and oxygen atoms in total. The van der Waals surface area contributed by atoms with Crippen LogP contribution in [0, 0.1) is 5.92 Å². The molecule has 1 aliphatic rings. The van der Waals surface area contributed by atoms with E-state index in [0.717, 1.165) is 26.1 Å². The number of carbonyl (C=O) groups is 1. The second kappa shape index (κ2) is 9.35. The number of rotatable bonds is 8. The normalized spacial score (nSPS) is 23.6. The number of nitrogens with one attached hydrogen (secondary N) is 1. The van der Waals surface area contributed by atoms with E-state index in [1.54, 1.807) is 0 Å². The van der Waals surface area contributed by atoms with Gasteiger partial charge in [0.2, 0.25) is 5.91 Å². The highest BCUT2D eigenvalue weighted by atomic mass is 16.2. The van der Waals surface area contributed by atoms with Gasteiger partial charge in [-0.2, -0.15) is 0 Å². The van der Waals surface area contributed by atoms with Crippen LogP contribution in [0.2, 0.25) is 0 Å². The summed E-state index contributed by atoms with van der Waals surface area (Å²) in [6.45, 7) is 9.51.